The molecule has 0 bridgehead atoms. The highest BCUT2D eigenvalue weighted by molar-refractivity contribution is 5.95. The Morgan fingerprint density at radius 2 is 1.86 bits per heavy atom. The molecule has 0 aliphatic carbocycles. The van der Waals surface area contributed by atoms with Crippen molar-refractivity contribution in [2.75, 3.05) is 6.54 Å². The normalized spacial score (nSPS) is 11.0. The third-order valence-corrected chi connectivity index (χ3v) is 4.19. The second kappa shape index (κ2) is 6.82. The fourth-order valence-corrected chi connectivity index (χ4v) is 3.10. The van der Waals surface area contributed by atoms with Crippen molar-refractivity contribution in [1.29, 1.82) is 0 Å². The van der Waals surface area contributed by atoms with Crippen LogP contribution in [0.2, 0.25) is 0 Å². The summed E-state index contributed by atoms with van der Waals surface area (Å²) in [5.41, 5.74) is 5.53. The zero-order valence-corrected chi connectivity index (χ0v) is 14.2. The number of hydrogen-bond donors (Lipinski definition) is 1. The van der Waals surface area contributed by atoms with Crippen molar-refractivity contribution in [3.63, 3.8) is 0 Å². The highest BCUT2D eigenvalue weighted by Crippen LogP contribution is 2.20. The van der Waals surface area contributed by atoms with Crippen LogP contribution >= 0.6 is 0 Å². The lowest BCUT2D eigenvalue weighted by Gasteiger charge is -2.13. The van der Waals surface area contributed by atoms with Gasteiger partial charge < -0.3 is 9.88 Å². The number of aromatic nitrogens is 1. The number of rotatable bonds is 5. The average Bonchev–Trinajstić information content (AvgIpc) is 2.76. The molecule has 118 valence electrons. The minimum atomic E-state index is 0.0218. The summed E-state index contributed by atoms with van der Waals surface area (Å²) in [5, 5.41) is 3.04. The van der Waals surface area contributed by atoms with E-state index in [1.165, 1.54) is 11.1 Å². The highest BCUT2D eigenvalue weighted by atomic mass is 16.1. The van der Waals surface area contributed by atoms with Crippen molar-refractivity contribution in [3.8, 4) is 0 Å². The van der Waals surface area contributed by atoms with Crippen molar-refractivity contribution < 1.29 is 4.79 Å². The molecule has 1 N–H and O–H groups in total. The van der Waals surface area contributed by atoms with Gasteiger partial charge in [0.2, 0.25) is 0 Å². The summed E-state index contributed by atoms with van der Waals surface area (Å²) in [6.07, 6.45) is 0.862. The molecule has 1 aromatic heterocycles. The largest absolute Gasteiger partial charge is 0.352 e. The molecule has 3 heteroatoms. The fraction of sp³-hybridized carbons (Fsp3) is 0.421. The molecule has 22 heavy (non-hydrogen) atoms. The monoisotopic (exact) mass is 298 g/mol. The van der Waals surface area contributed by atoms with Crippen LogP contribution in [-0.4, -0.2) is 17.0 Å². The summed E-state index contributed by atoms with van der Waals surface area (Å²) in [4.78, 5) is 12.4. The SMILES string of the molecule is Cc1ccccc1CCNC(=O)c1cc(C)n(C(C)C)c1C. The van der Waals surface area contributed by atoms with Crippen molar-refractivity contribution in [2.45, 2.75) is 47.1 Å². The quantitative estimate of drug-likeness (QED) is 0.890. The van der Waals surface area contributed by atoms with Crippen LogP contribution in [-0.2, 0) is 6.42 Å². The molecular weight excluding hydrogens is 272 g/mol. The van der Waals surface area contributed by atoms with E-state index in [0.29, 0.717) is 12.6 Å². The van der Waals surface area contributed by atoms with Crippen LogP contribution in [0.4, 0.5) is 0 Å². The summed E-state index contributed by atoms with van der Waals surface area (Å²) >= 11 is 0. The van der Waals surface area contributed by atoms with E-state index in [1.807, 2.05) is 25.1 Å². The van der Waals surface area contributed by atoms with Gasteiger partial charge in [0.25, 0.3) is 5.91 Å². The zero-order valence-electron chi connectivity index (χ0n) is 14.2. The molecule has 0 aliphatic rings. The van der Waals surface area contributed by atoms with Crippen LogP contribution in [0.15, 0.2) is 30.3 Å². The van der Waals surface area contributed by atoms with Gasteiger partial charge in [0.05, 0.1) is 5.56 Å². The predicted molar refractivity (Wildman–Crippen MR) is 91.5 cm³/mol. The number of carbonyl (C=O) groups excluding carboxylic acids is 1. The summed E-state index contributed by atoms with van der Waals surface area (Å²) in [6.45, 7) is 11.1. The van der Waals surface area contributed by atoms with Crippen LogP contribution in [0.25, 0.3) is 0 Å². The lowest BCUT2D eigenvalue weighted by atomic mass is 10.1. The molecule has 2 rings (SSSR count). The van der Waals surface area contributed by atoms with Crippen molar-refractivity contribution >= 4 is 5.91 Å². The second-order valence-electron chi connectivity index (χ2n) is 6.18. The first-order valence-corrected chi connectivity index (χ1v) is 7.93. The molecule has 2 aromatic rings. The highest BCUT2D eigenvalue weighted by Gasteiger charge is 2.16. The van der Waals surface area contributed by atoms with Crippen LogP contribution in [0, 0.1) is 20.8 Å². The molecule has 3 nitrogen and oxygen atoms in total. The van der Waals surface area contributed by atoms with Gasteiger partial charge in [0.15, 0.2) is 0 Å². The molecule has 0 fully saturated rings. The number of carbonyl (C=O) groups is 1. The maximum atomic E-state index is 12.4. The van der Waals surface area contributed by atoms with E-state index in [2.05, 4.69) is 49.7 Å². The second-order valence-corrected chi connectivity index (χ2v) is 6.18. The van der Waals surface area contributed by atoms with E-state index in [4.69, 9.17) is 0 Å². The third kappa shape index (κ3) is 3.41. The van der Waals surface area contributed by atoms with E-state index in [-0.39, 0.29) is 5.91 Å². The molecule has 0 saturated heterocycles. The molecular formula is C19H26N2O. The van der Waals surface area contributed by atoms with Crippen LogP contribution < -0.4 is 5.32 Å². The Morgan fingerprint density at radius 1 is 1.18 bits per heavy atom. The van der Waals surface area contributed by atoms with E-state index >= 15 is 0 Å². The van der Waals surface area contributed by atoms with Gasteiger partial charge in [-0.3, -0.25) is 4.79 Å². The van der Waals surface area contributed by atoms with E-state index in [1.54, 1.807) is 0 Å². The standard InChI is InChI=1S/C19H26N2O/c1-13(2)21-15(4)12-18(16(21)5)19(22)20-11-10-17-9-7-6-8-14(17)3/h6-9,12-13H,10-11H2,1-5H3,(H,20,22). The lowest BCUT2D eigenvalue weighted by Crippen LogP contribution is -2.26. The molecule has 0 saturated carbocycles. The summed E-state index contributed by atoms with van der Waals surface area (Å²) in [7, 11) is 0. The molecule has 0 aliphatic heterocycles. The Labute approximate surface area is 133 Å². The number of nitrogens with one attached hydrogen (secondary N) is 1. The molecule has 0 atom stereocenters. The average molecular weight is 298 g/mol. The number of benzene rings is 1. The third-order valence-electron chi connectivity index (χ3n) is 4.19. The number of aryl methyl sites for hydroxylation is 2. The summed E-state index contributed by atoms with van der Waals surface area (Å²) in [6, 6.07) is 10.7. The fourth-order valence-electron chi connectivity index (χ4n) is 3.10. The summed E-state index contributed by atoms with van der Waals surface area (Å²) in [5.74, 6) is 0.0218. The Hall–Kier alpha value is -2.03. The van der Waals surface area contributed by atoms with Gasteiger partial charge in [-0.2, -0.15) is 0 Å². The number of amides is 1. The first kappa shape index (κ1) is 16.3. The Bertz CT molecular complexity index is 668. The molecule has 1 amide bonds. The Morgan fingerprint density at radius 3 is 2.45 bits per heavy atom. The van der Waals surface area contributed by atoms with Gasteiger partial charge in [0.1, 0.15) is 0 Å². The molecule has 1 heterocycles. The first-order valence-electron chi connectivity index (χ1n) is 7.93. The minimum Gasteiger partial charge on any atom is -0.352 e. The zero-order chi connectivity index (χ0) is 16.3. The van der Waals surface area contributed by atoms with Crippen LogP contribution in [0.5, 0.6) is 0 Å². The van der Waals surface area contributed by atoms with Crippen molar-refractivity contribution in [1.82, 2.24) is 9.88 Å². The maximum Gasteiger partial charge on any atom is 0.253 e. The number of nitrogens with zero attached hydrogens (tertiary/aromatic N) is 1. The molecule has 0 unspecified atom stereocenters. The molecule has 1 aromatic carbocycles. The van der Waals surface area contributed by atoms with E-state index in [9.17, 15) is 4.79 Å². The van der Waals surface area contributed by atoms with Crippen LogP contribution in [0.1, 0.15) is 52.8 Å². The predicted octanol–water partition coefficient (Wildman–Crippen LogP) is 3.97. The first-order chi connectivity index (χ1) is 10.4. The molecule has 0 spiro atoms. The smallest absolute Gasteiger partial charge is 0.253 e. The number of hydrogen-bond acceptors (Lipinski definition) is 1. The van der Waals surface area contributed by atoms with E-state index in [0.717, 1.165) is 23.4 Å². The topological polar surface area (TPSA) is 34.0 Å². The van der Waals surface area contributed by atoms with Gasteiger partial charge in [-0.25, -0.2) is 0 Å². The lowest BCUT2D eigenvalue weighted by molar-refractivity contribution is 0.0953. The van der Waals surface area contributed by atoms with Crippen molar-refractivity contribution in [2.24, 2.45) is 0 Å². The van der Waals surface area contributed by atoms with Gasteiger partial charge in [0, 0.05) is 24.0 Å². The minimum absolute atomic E-state index is 0.0218. The Kier molecular flexibility index (Phi) is 5.07. The van der Waals surface area contributed by atoms with E-state index < -0.39 is 0 Å². The maximum absolute atomic E-state index is 12.4. The summed E-state index contributed by atoms with van der Waals surface area (Å²) < 4.78 is 2.20. The van der Waals surface area contributed by atoms with Gasteiger partial charge in [-0.1, -0.05) is 24.3 Å². The van der Waals surface area contributed by atoms with Gasteiger partial charge in [-0.05, 0) is 58.2 Å². The van der Waals surface area contributed by atoms with Gasteiger partial charge in [-0.15, -0.1) is 0 Å². The van der Waals surface area contributed by atoms with Crippen molar-refractivity contribution in [3.05, 3.63) is 58.4 Å². The van der Waals surface area contributed by atoms with Crippen LogP contribution in [0.3, 0.4) is 0 Å². The Balaban J connectivity index is 2.02. The van der Waals surface area contributed by atoms with Gasteiger partial charge >= 0.3 is 0 Å². The molecule has 0 radical (unpaired) electrons.